The SMILES string of the molecule is CC(CCCCCCCl)C[Si](C)(C)C. The summed E-state index contributed by atoms with van der Waals surface area (Å²) in [6, 6.07) is 1.49. The minimum atomic E-state index is -0.817. The second-order valence-corrected chi connectivity index (χ2v) is 11.7. The summed E-state index contributed by atoms with van der Waals surface area (Å²) in [6.07, 6.45) is 6.73. The average molecular weight is 235 g/mol. The number of unbranched alkanes of at least 4 members (excludes halogenated alkanes) is 3. The molecular formula is C12H27ClSi. The van der Waals surface area contributed by atoms with E-state index in [1.807, 2.05) is 0 Å². The van der Waals surface area contributed by atoms with Crippen molar-refractivity contribution in [1.82, 2.24) is 0 Å². The lowest BCUT2D eigenvalue weighted by Gasteiger charge is -2.21. The first kappa shape index (κ1) is 14.5. The highest BCUT2D eigenvalue weighted by Gasteiger charge is 2.16. The van der Waals surface area contributed by atoms with Crippen molar-refractivity contribution in [1.29, 1.82) is 0 Å². The van der Waals surface area contributed by atoms with Gasteiger partial charge >= 0.3 is 0 Å². The molecule has 1 atom stereocenters. The summed E-state index contributed by atoms with van der Waals surface area (Å²) >= 11 is 5.64. The Morgan fingerprint density at radius 1 is 1.00 bits per heavy atom. The Bertz CT molecular complexity index is 129. The van der Waals surface area contributed by atoms with Crippen LogP contribution in [0.15, 0.2) is 0 Å². The maximum Gasteiger partial charge on any atom is 0.0445 e. The molecule has 0 amide bonds. The van der Waals surface area contributed by atoms with Gasteiger partial charge in [-0.05, 0) is 12.3 Å². The normalized spacial score (nSPS) is 14.4. The minimum absolute atomic E-state index is 0.817. The summed E-state index contributed by atoms with van der Waals surface area (Å²) in [5, 5.41) is 0. The van der Waals surface area contributed by atoms with Gasteiger partial charge in [-0.3, -0.25) is 0 Å². The quantitative estimate of drug-likeness (QED) is 0.310. The van der Waals surface area contributed by atoms with Crippen LogP contribution in [0.1, 0.15) is 39.0 Å². The molecule has 0 rings (SSSR count). The highest BCUT2D eigenvalue weighted by molar-refractivity contribution is 6.76. The van der Waals surface area contributed by atoms with Crippen LogP contribution >= 0.6 is 11.6 Å². The lowest BCUT2D eigenvalue weighted by atomic mass is 10.0. The first-order chi connectivity index (χ1) is 6.45. The Kier molecular flexibility index (Phi) is 8.03. The molecule has 0 saturated heterocycles. The first-order valence-corrected chi connectivity index (χ1v) is 10.3. The van der Waals surface area contributed by atoms with E-state index >= 15 is 0 Å². The zero-order valence-electron chi connectivity index (χ0n) is 10.4. The van der Waals surface area contributed by atoms with Crippen molar-refractivity contribution >= 4 is 19.7 Å². The standard InChI is InChI=1S/C12H27ClSi/c1-12(11-14(2,3)4)9-7-5-6-8-10-13/h12H,5-11H2,1-4H3. The van der Waals surface area contributed by atoms with Gasteiger partial charge in [0, 0.05) is 14.0 Å². The molecule has 1 unspecified atom stereocenters. The van der Waals surface area contributed by atoms with Crippen molar-refractivity contribution in [2.75, 3.05) is 5.88 Å². The second-order valence-electron chi connectivity index (χ2n) is 5.76. The summed E-state index contributed by atoms with van der Waals surface area (Å²) < 4.78 is 0. The van der Waals surface area contributed by atoms with Crippen molar-refractivity contribution in [3.63, 3.8) is 0 Å². The predicted molar refractivity (Wildman–Crippen MR) is 71.1 cm³/mol. The van der Waals surface area contributed by atoms with Crippen LogP contribution < -0.4 is 0 Å². The van der Waals surface area contributed by atoms with E-state index in [2.05, 4.69) is 26.6 Å². The fourth-order valence-electron chi connectivity index (χ4n) is 2.09. The third-order valence-corrected chi connectivity index (χ3v) is 4.73. The van der Waals surface area contributed by atoms with Crippen molar-refractivity contribution < 1.29 is 0 Å². The summed E-state index contributed by atoms with van der Waals surface area (Å²) in [6.45, 7) is 9.82. The summed E-state index contributed by atoms with van der Waals surface area (Å²) in [4.78, 5) is 0. The second kappa shape index (κ2) is 7.75. The van der Waals surface area contributed by atoms with E-state index in [0.717, 1.165) is 11.8 Å². The molecule has 0 heterocycles. The largest absolute Gasteiger partial charge is 0.127 e. The van der Waals surface area contributed by atoms with Crippen LogP contribution in [-0.2, 0) is 0 Å². The van der Waals surface area contributed by atoms with Gasteiger partial charge in [-0.25, -0.2) is 0 Å². The Labute approximate surface area is 96.4 Å². The highest BCUT2D eigenvalue weighted by atomic mass is 35.5. The number of alkyl halides is 1. The molecule has 0 aromatic rings. The van der Waals surface area contributed by atoms with E-state index < -0.39 is 8.07 Å². The van der Waals surface area contributed by atoms with Crippen molar-refractivity contribution in [3.8, 4) is 0 Å². The summed E-state index contributed by atoms with van der Waals surface area (Å²) in [5.41, 5.74) is 0. The van der Waals surface area contributed by atoms with E-state index in [-0.39, 0.29) is 0 Å². The Hall–Kier alpha value is 0.507. The fraction of sp³-hybridized carbons (Fsp3) is 1.00. The molecule has 0 spiro atoms. The van der Waals surface area contributed by atoms with Gasteiger partial charge in [-0.1, -0.05) is 58.3 Å². The van der Waals surface area contributed by atoms with E-state index in [1.165, 1.54) is 38.1 Å². The molecule has 0 N–H and O–H groups in total. The van der Waals surface area contributed by atoms with Crippen LogP contribution in [0.2, 0.25) is 25.7 Å². The van der Waals surface area contributed by atoms with E-state index in [0.29, 0.717) is 0 Å². The third kappa shape index (κ3) is 10.6. The molecule has 0 nitrogen and oxygen atoms in total. The number of rotatable bonds is 8. The molecule has 0 bridgehead atoms. The molecule has 0 aliphatic carbocycles. The van der Waals surface area contributed by atoms with Crippen LogP contribution in [0, 0.1) is 5.92 Å². The van der Waals surface area contributed by atoms with Crippen molar-refractivity contribution in [3.05, 3.63) is 0 Å². The number of hydrogen-bond donors (Lipinski definition) is 0. The number of hydrogen-bond acceptors (Lipinski definition) is 0. The van der Waals surface area contributed by atoms with Gasteiger partial charge in [-0.15, -0.1) is 11.6 Å². The van der Waals surface area contributed by atoms with Crippen molar-refractivity contribution in [2.24, 2.45) is 5.92 Å². The molecule has 0 aromatic heterocycles. The smallest absolute Gasteiger partial charge is 0.0445 e. The average Bonchev–Trinajstić information content (AvgIpc) is 2.00. The molecule has 86 valence electrons. The molecule has 0 aliphatic heterocycles. The molecule has 14 heavy (non-hydrogen) atoms. The maximum absolute atomic E-state index is 5.64. The Morgan fingerprint density at radius 3 is 2.07 bits per heavy atom. The monoisotopic (exact) mass is 234 g/mol. The van der Waals surface area contributed by atoms with Gasteiger partial charge in [0.25, 0.3) is 0 Å². The van der Waals surface area contributed by atoms with E-state index in [9.17, 15) is 0 Å². The van der Waals surface area contributed by atoms with Crippen LogP contribution in [0.5, 0.6) is 0 Å². The van der Waals surface area contributed by atoms with Crippen molar-refractivity contribution in [2.45, 2.75) is 64.7 Å². The molecule has 0 aromatic carbocycles. The molecular weight excluding hydrogens is 208 g/mol. The third-order valence-electron chi connectivity index (χ3n) is 2.54. The van der Waals surface area contributed by atoms with Crippen LogP contribution in [-0.4, -0.2) is 14.0 Å². The van der Waals surface area contributed by atoms with Gasteiger partial charge in [0.2, 0.25) is 0 Å². The topological polar surface area (TPSA) is 0 Å². The lowest BCUT2D eigenvalue weighted by molar-refractivity contribution is 0.520. The van der Waals surface area contributed by atoms with Crippen LogP contribution in [0.4, 0.5) is 0 Å². The molecule has 0 aliphatic rings. The van der Waals surface area contributed by atoms with Gasteiger partial charge < -0.3 is 0 Å². The lowest BCUT2D eigenvalue weighted by Crippen LogP contribution is -2.22. The van der Waals surface area contributed by atoms with Crippen LogP contribution in [0.3, 0.4) is 0 Å². The minimum Gasteiger partial charge on any atom is -0.127 e. The van der Waals surface area contributed by atoms with E-state index in [1.54, 1.807) is 0 Å². The summed E-state index contributed by atoms with van der Waals surface area (Å²) in [7, 11) is -0.817. The van der Waals surface area contributed by atoms with Gasteiger partial charge in [-0.2, -0.15) is 0 Å². The van der Waals surface area contributed by atoms with Gasteiger partial charge in [0.05, 0.1) is 0 Å². The Morgan fingerprint density at radius 2 is 1.57 bits per heavy atom. The zero-order valence-corrected chi connectivity index (χ0v) is 12.2. The number of halogens is 1. The van der Waals surface area contributed by atoms with Gasteiger partial charge in [0.15, 0.2) is 0 Å². The molecule has 2 heteroatoms. The van der Waals surface area contributed by atoms with Crippen LogP contribution in [0.25, 0.3) is 0 Å². The molecule has 0 fully saturated rings. The molecule has 0 radical (unpaired) electrons. The predicted octanol–water partition coefficient (Wildman–Crippen LogP) is 5.15. The first-order valence-electron chi connectivity index (χ1n) is 6.01. The summed E-state index contributed by atoms with van der Waals surface area (Å²) in [5.74, 6) is 1.78. The van der Waals surface area contributed by atoms with E-state index in [4.69, 9.17) is 11.6 Å². The Balaban J connectivity index is 3.31. The van der Waals surface area contributed by atoms with Gasteiger partial charge in [0.1, 0.15) is 0 Å². The highest BCUT2D eigenvalue weighted by Crippen LogP contribution is 2.21. The zero-order chi connectivity index (χ0) is 11.0. The fourth-order valence-corrected chi connectivity index (χ4v) is 4.57. The maximum atomic E-state index is 5.64. The molecule has 0 saturated carbocycles.